The van der Waals surface area contributed by atoms with Crippen LogP contribution in [0.15, 0.2) is 18.2 Å². The molecule has 0 heterocycles. The van der Waals surface area contributed by atoms with Gasteiger partial charge in [-0.25, -0.2) is 0 Å². The summed E-state index contributed by atoms with van der Waals surface area (Å²) in [5.74, 6) is 2.64. The Labute approximate surface area is 97.5 Å². The van der Waals surface area contributed by atoms with Crippen LogP contribution in [0.5, 0.6) is 0 Å². The third-order valence-corrected chi connectivity index (χ3v) is 2.39. The van der Waals surface area contributed by atoms with Gasteiger partial charge in [-0.15, -0.1) is 6.42 Å². The molecule has 16 heavy (non-hydrogen) atoms. The maximum absolute atomic E-state index is 9.07. The van der Waals surface area contributed by atoms with Crippen LogP contribution in [0.25, 0.3) is 0 Å². The van der Waals surface area contributed by atoms with Crippen LogP contribution in [0.1, 0.15) is 24.5 Å². The fourth-order valence-corrected chi connectivity index (χ4v) is 1.66. The van der Waals surface area contributed by atoms with Crippen molar-refractivity contribution in [2.45, 2.75) is 20.3 Å². The van der Waals surface area contributed by atoms with Crippen molar-refractivity contribution >= 4 is 5.69 Å². The Morgan fingerprint density at radius 2 is 2.19 bits per heavy atom. The van der Waals surface area contributed by atoms with Gasteiger partial charge >= 0.3 is 0 Å². The molecule has 0 aliphatic rings. The van der Waals surface area contributed by atoms with E-state index in [9.17, 15) is 0 Å². The summed E-state index contributed by atoms with van der Waals surface area (Å²) in [6.07, 6.45) is 6.37. The molecule has 1 aromatic rings. The van der Waals surface area contributed by atoms with Crippen molar-refractivity contribution in [1.29, 1.82) is 5.26 Å². The number of terminal acetylenes is 1. The number of benzene rings is 1. The largest absolute Gasteiger partial charge is 0.359 e. The summed E-state index contributed by atoms with van der Waals surface area (Å²) in [5, 5.41) is 9.07. The molecule has 0 bridgehead atoms. The summed E-state index contributed by atoms with van der Waals surface area (Å²) in [6, 6.07) is 8.03. The summed E-state index contributed by atoms with van der Waals surface area (Å²) in [6.45, 7) is 5.55. The minimum Gasteiger partial charge on any atom is -0.359 e. The van der Waals surface area contributed by atoms with Crippen LogP contribution < -0.4 is 4.90 Å². The van der Waals surface area contributed by atoms with Crippen LogP contribution in [0, 0.1) is 30.6 Å². The van der Waals surface area contributed by atoms with Crippen LogP contribution >= 0.6 is 0 Å². The quantitative estimate of drug-likeness (QED) is 0.717. The van der Waals surface area contributed by atoms with Crippen molar-refractivity contribution in [3.8, 4) is 18.4 Å². The van der Waals surface area contributed by atoms with E-state index >= 15 is 0 Å². The fraction of sp³-hybridized carbons (Fsp3) is 0.357. The van der Waals surface area contributed by atoms with E-state index in [1.165, 1.54) is 0 Å². The third-order valence-electron chi connectivity index (χ3n) is 2.39. The lowest BCUT2D eigenvalue weighted by Crippen LogP contribution is -2.25. The average Bonchev–Trinajstić information content (AvgIpc) is 2.29. The zero-order chi connectivity index (χ0) is 12.0. The molecule has 0 saturated carbocycles. The number of rotatable bonds is 4. The van der Waals surface area contributed by atoms with Crippen LogP contribution in [-0.2, 0) is 0 Å². The van der Waals surface area contributed by atoms with Crippen molar-refractivity contribution in [3.63, 3.8) is 0 Å². The highest BCUT2D eigenvalue weighted by atomic mass is 15.1. The van der Waals surface area contributed by atoms with Gasteiger partial charge < -0.3 is 4.90 Å². The molecule has 2 nitrogen and oxygen atoms in total. The Balaban J connectivity index is 3.12. The highest BCUT2D eigenvalue weighted by Gasteiger charge is 2.09. The first-order chi connectivity index (χ1) is 7.72. The van der Waals surface area contributed by atoms with Gasteiger partial charge in [-0.1, -0.05) is 18.9 Å². The van der Waals surface area contributed by atoms with E-state index in [0.717, 1.165) is 24.2 Å². The molecule has 1 rings (SSSR count). The van der Waals surface area contributed by atoms with E-state index in [2.05, 4.69) is 23.8 Å². The first kappa shape index (κ1) is 12.1. The van der Waals surface area contributed by atoms with E-state index in [4.69, 9.17) is 11.7 Å². The van der Waals surface area contributed by atoms with Gasteiger partial charge in [0.2, 0.25) is 0 Å². The zero-order valence-corrected chi connectivity index (χ0v) is 9.83. The number of hydrogen-bond acceptors (Lipinski definition) is 2. The summed E-state index contributed by atoms with van der Waals surface area (Å²) in [5.41, 5.74) is 2.78. The molecule has 0 saturated heterocycles. The smallest absolute Gasteiger partial charge is 0.101 e. The number of hydrogen-bond donors (Lipinski definition) is 0. The summed E-state index contributed by atoms with van der Waals surface area (Å²) in [7, 11) is 0. The Kier molecular flexibility index (Phi) is 4.42. The second kappa shape index (κ2) is 5.83. The molecule has 0 spiro atoms. The van der Waals surface area contributed by atoms with Crippen molar-refractivity contribution in [2.75, 3.05) is 18.0 Å². The number of nitrogens with zero attached hydrogens (tertiary/aromatic N) is 2. The normalized spacial score (nSPS) is 9.25. The van der Waals surface area contributed by atoms with Crippen LogP contribution in [-0.4, -0.2) is 13.1 Å². The molecule has 0 aliphatic heterocycles. The molecular formula is C14H16N2. The first-order valence-corrected chi connectivity index (χ1v) is 5.42. The van der Waals surface area contributed by atoms with E-state index in [1.54, 1.807) is 0 Å². The SMILES string of the molecule is C#CCN(CCC)c1cc(C)ccc1C#N. The number of aryl methyl sites for hydroxylation is 1. The number of nitriles is 1. The predicted molar refractivity (Wildman–Crippen MR) is 67.2 cm³/mol. The molecule has 0 N–H and O–H groups in total. The molecule has 0 aliphatic carbocycles. The summed E-state index contributed by atoms with van der Waals surface area (Å²) < 4.78 is 0. The predicted octanol–water partition coefficient (Wildman–Crippen LogP) is 2.72. The van der Waals surface area contributed by atoms with Crippen molar-refractivity contribution in [3.05, 3.63) is 29.3 Å². The molecule has 0 aromatic heterocycles. The Bertz CT molecular complexity index is 435. The van der Waals surface area contributed by atoms with Crippen molar-refractivity contribution in [1.82, 2.24) is 0 Å². The third kappa shape index (κ3) is 2.78. The highest BCUT2D eigenvalue weighted by molar-refractivity contribution is 5.61. The maximum Gasteiger partial charge on any atom is 0.101 e. The molecule has 0 unspecified atom stereocenters. The summed E-state index contributed by atoms with van der Waals surface area (Å²) >= 11 is 0. The maximum atomic E-state index is 9.07. The van der Waals surface area contributed by atoms with Gasteiger partial charge in [0.25, 0.3) is 0 Å². The topological polar surface area (TPSA) is 27.0 Å². The van der Waals surface area contributed by atoms with Gasteiger partial charge in [0, 0.05) is 6.54 Å². The average molecular weight is 212 g/mol. The van der Waals surface area contributed by atoms with Crippen LogP contribution in [0.2, 0.25) is 0 Å². The van der Waals surface area contributed by atoms with Crippen molar-refractivity contribution < 1.29 is 0 Å². The zero-order valence-electron chi connectivity index (χ0n) is 9.83. The Morgan fingerprint density at radius 3 is 2.75 bits per heavy atom. The molecule has 82 valence electrons. The van der Waals surface area contributed by atoms with Crippen LogP contribution in [0.3, 0.4) is 0 Å². The lowest BCUT2D eigenvalue weighted by atomic mass is 10.1. The van der Waals surface area contributed by atoms with Gasteiger partial charge in [-0.2, -0.15) is 5.26 Å². The van der Waals surface area contributed by atoms with E-state index in [1.807, 2.05) is 25.1 Å². The van der Waals surface area contributed by atoms with Gasteiger partial charge in [-0.05, 0) is 31.0 Å². The lowest BCUT2D eigenvalue weighted by molar-refractivity contribution is 0.821. The molecule has 2 heteroatoms. The monoisotopic (exact) mass is 212 g/mol. The molecule has 0 fully saturated rings. The Hall–Kier alpha value is -1.93. The fourth-order valence-electron chi connectivity index (χ4n) is 1.66. The highest BCUT2D eigenvalue weighted by Crippen LogP contribution is 2.21. The molecule has 0 amide bonds. The minimum atomic E-state index is 0.548. The number of anilines is 1. The van der Waals surface area contributed by atoms with E-state index in [-0.39, 0.29) is 0 Å². The van der Waals surface area contributed by atoms with Crippen LogP contribution in [0.4, 0.5) is 5.69 Å². The lowest BCUT2D eigenvalue weighted by Gasteiger charge is -2.23. The molecule has 0 radical (unpaired) electrons. The second-order valence-corrected chi connectivity index (χ2v) is 3.76. The van der Waals surface area contributed by atoms with Gasteiger partial charge in [0.1, 0.15) is 6.07 Å². The minimum absolute atomic E-state index is 0.548. The van der Waals surface area contributed by atoms with Gasteiger partial charge in [-0.3, -0.25) is 0 Å². The van der Waals surface area contributed by atoms with E-state index in [0.29, 0.717) is 12.1 Å². The standard InChI is InChI=1S/C14H16N2/c1-4-8-16(9-5-2)14-10-12(3)6-7-13(14)11-15/h1,6-7,10H,5,8-9H2,2-3H3. The second-order valence-electron chi connectivity index (χ2n) is 3.76. The molecular weight excluding hydrogens is 196 g/mol. The van der Waals surface area contributed by atoms with E-state index < -0.39 is 0 Å². The Morgan fingerprint density at radius 1 is 1.44 bits per heavy atom. The van der Waals surface area contributed by atoms with Crippen molar-refractivity contribution in [2.24, 2.45) is 0 Å². The van der Waals surface area contributed by atoms with Gasteiger partial charge in [0.15, 0.2) is 0 Å². The molecule has 0 atom stereocenters. The first-order valence-electron chi connectivity index (χ1n) is 5.42. The van der Waals surface area contributed by atoms with Gasteiger partial charge in [0.05, 0.1) is 17.8 Å². The summed E-state index contributed by atoms with van der Waals surface area (Å²) in [4.78, 5) is 2.07. The molecule has 1 aromatic carbocycles.